The van der Waals surface area contributed by atoms with Gasteiger partial charge in [0.15, 0.2) is 0 Å². The minimum Gasteiger partial charge on any atom is -0.355 e. The number of nitrogens with one attached hydrogen (secondary N) is 1. The largest absolute Gasteiger partial charge is 0.355 e. The highest BCUT2D eigenvalue weighted by molar-refractivity contribution is 7.97. The van der Waals surface area contributed by atoms with Crippen molar-refractivity contribution in [3.8, 4) is 11.1 Å². The van der Waals surface area contributed by atoms with E-state index in [0.29, 0.717) is 6.04 Å². The number of benzene rings is 2. The molecule has 4 nitrogen and oxygen atoms in total. The minimum atomic E-state index is 0.711. The molecule has 5 heteroatoms. The van der Waals surface area contributed by atoms with E-state index in [9.17, 15) is 0 Å². The molecule has 5 rings (SSSR count). The van der Waals surface area contributed by atoms with Crippen molar-refractivity contribution in [2.24, 2.45) is 0 Å². The summed E-state index contributed by atoms with van der Waals surface area (Å²) < 4.78 is 3.49. The minimum absolute atomic E-state index is 0.711. The monoisotopic (exact) mass is 376 g/mol. The van der Waals surface area contributed by atoms with Crippen LogP contribution in [0.15, 0.2) is 53.6 Å². The van der Waals surface area contributed by atoms with Gasteiger partial charge in [-0.3, -0.25) is 9.71 Å². The lowest BCUT2D eigenvalue weighted by molar-refractivity contribution is 0.573. The third-order valence-corrected chi connectivity index (χ3v) is 6.28. The second-order valence-electron chi connectivity index (χ2n) is 7.50. The van der Waals surface area contributed by atoms with Crippen LogP contribution in [-0.2, 0) is 0 Å². The van der Waals surface area contributed by atoms with Crippen LogP contribution in [0.1, 0.15) is 32.1 Å². The number of aromatic nitrogens is 2. The first-order chi connectivity index (χ1) is 13.3. The normalized spacial score (nSPS) is 17.4. The average molecular weight is 377 g/mol. The zero-order valence-electron chi connectivity index (χ0n) is 15.4. The van der Waals surface area contributed by atoms with Gasteiger partial charge in [-0.2, -0.15) is 0 Å². The molecule has 27 heavy (non-hydrogen) atoms. The molecule has 0 bridgehead atoms. The lowest BCUT2D eigenvalue weighted by Crippen LogP contribution is -2.30. The zero-order valence-corrected chi connectivity index (χ0v) is 16.2. The van der Waals surface area contributed by atoms with E-state index in [-0.39, 0.29) is 0 Å². The van der Waals surface area contributed by atoms with Crippen LogP contribution in [0.4, 0.5) is 5.82 Å². The number of hydrogen-bond donors (Lipinski definition) is 1. The Hall–Kier alpha value is -2.11. The van der Waals surface area contributed by atoms with Crippen LogP contribution < -0.4 is 9.62 Å². The van der Waals surface area contributed by atoms with Crippen LogP contribution in [0.2, 0.25) is 0 Å². The van der Waals surface area contributed by atoms with E-state index in [1.54, 1.807) is 11.9 Å². The van der Waals surface area contributed by atoms with Crippen molar-refractivity contribution in [2.45, 2.75) is 43.0 Å². The summed E-state index contributed by atoms with van der Waals surface area (Å²) in [6.07, 6.45) is 8.36. The number of anilines is 1. The Labute approximate surface area is 164 Å². The highest BCUT2D eigenvalue weighted by Gasteiger charge is 2.20. The molecule has 0 radical (unpaired) electrons. The summed E-state index contributed by atoms with van der Waals surface area (Å²) in [6.45, 7) is 2.18. The molecule has 2 fully saturated rings. The van der Waals surface area contributed by atoms with E-state index in [1.165, 1.54) is 48.1 Å². The van der Waals surface area contributed by atoms with Crippen molar-refractivity contribution in [3.05, 3.63) is 48.7 Å². The summed E-state index contributed by atoms with van der Waals surface area (Å²) in [5, 5.41) is 0. The summed E-state index contributed by atoms with van der Waals surface area (Å²) in [4.78, 5) is 13.2. The first kappa shape index (κ1) is 17.0. The smallest absolute Gasteiger partial charge is 0.147 e. The molecule has 2 aromatic carbocycles. The molecule has 1 aliphatic heterocycles. The molecule has 3 aromatic rings. The molecule has 1 N–H and O–H groups in total. The van der Waals surface area contributed by atoms with Crippen LogP contribution in [0, 0.1) is 0 Å². The fraction of sp³-hybridized carbons (Fsp3) is 0.364. The fourth-order valence-corrected chi connectivity index (χ4v) is 4.34. The maximum atomic E-state index is 4.91. The van der Waals surface area contributed by atoms with Crippen LogP contribution >= 0.6 is 11.9 Å². The fourth-order valence-electron chi connectivity index (χ4n) is 3.52. The van der Waals surface area contributed by atoms with Gasteiger partial charge in [-0.15, -0.1) is 0 Å². The van der Waals surface area contributed by atoms with E-state index in [2.05, 4.69) is 57.1 Å². The topological polar surface area (TPSA) is 41.1 Å². The summed E-state index contributed by atoms with van der Waals surface area (Å²) in [7, 11) is 0. The summed E-state index contributed by atoms with van der Waals surface area (Å²) in [5.74, 6) is 1.01. The molecule has 0 amide bonds. The van der Waals surface area contributed by atoms with Crippen molar-refractivity contribution in [3.63, 3.8) is 0 Å². The van der Waals surface area contributed by atoms with Gasteiger partial charge in [-0.25, -0.2) is 4.98 Å². The molecule has 0 atom stereocenters. The molecule has 1 aliphatic carbocycles. The van der Waals surface area contributed by atoms with Gasteiger partial charge >= 0.3 is 0 Å². The molecule has 0 unspecified atom stereocenters. The van der Waals surface area contributed by atoms with E-state index in [4.69, 9.17) is 4.98 Å². The van der Waals surface area contributed by atoms with Gasteiger partial charge < -0.3 is 4.90 Å². The van der Waals surface area contributed by atoms with E-state index in [0.717, 1.165) is 29.9 Å². The Balaban J connectivity index is 1.39. The van der Waals surface area contributed by atoms with Crippen molar-refractivity contribution in [1.29, 1.82) is 0 Å². The molecule has 0 spiro atoms. The molecule has 1 saturated carbocycles. The Morgan fingerprint density at radius 1 is 0.889 bits per heavy atom. The molecule has 1 saturated heterocycles. The lowest BCUT2D eigenvalue weighted by atomic mass is 10.1. The second kappa shape index (κ2) is 7.49. The third-order valence-electron chi connectivity index (χ3n) is 5.32. The van der Waals surface area contributed by atoms with Gasteiger partial charge in [0.25, 0.3) is 0 Å². The first-order valence-electron chi connectivity index (χ1n) is 9.90. The highest BCUT2D eigenvalue weighted by Crippen LogP contribution is 2.28. The predicted octanol–water partition coefficient (Wildman–Crippen LogP) is 5.05. The van der Waals surface area contributed by atoms with E-state index < -0.39 is 0 Å². The van der Waals surface area contributed by atoms with Crippen molar-refractivity contribution >= 4 is 28.8 Å². The Bertz CT molecular complexity index is 931. The number of fused-ring (bicyclic) bond motifs is 1. The van der Waals surface area contributed by atoms with Crippen LogP contribution in [-0.4, -0.2) is 29.1 Å². The van der Waals surface area contributed by atoms with Gasteiger partial charge in [0, 0.05) is 24.0 Å². The van der Waals surface area contributed by atoms with Crippen LogP contribution in [0.25, 0.3) is 22.2 Å². The summed E-state index contributed by atoms with van der Waals surface area (Å²) in [6, 6.07) is 15.9. The molecule has 2 heterocycles. The second-order valence-corrected chi connectivity index (χ2v) is 8.41. The van der Waals surface area contributed by atoms with Crippen LogP contribution in [0.3, 0.4) is 0 Å². The standard InChI is InChI=1S/C22H24N4S/c1-2-12-26(13-3-1)22-15-23-20-11-6-17(14-21(20)24-22)16-4-9-19(10-5-16)27-25-18-7-8-18/h4-6,9-11,14-15,18,25H,1-3,7-8,12-13H2. The average Bonchev–Trinajstić information content (AvgIpc) is 3.57. The van der Waals surface area contributed by atoms with Crippen molar-refractivity contribution in [1.82, 2.24) is 14.7 Å². The number of piperidine rings is 1. The number of nitrogens with zero attached hydrogens (tertiary/aromatic N) is 3. The molecular formula is C22H24N4S. The van der Waals surface area contributed by atoms with E-state index >= 15 is 0 Å². The van der Waals surface area contributed by atoms with E-state index in [1.807, 2.05) is 6.20 Å². The first-order valence-corrected chi connectivity index (χ1v) is 10.7. The van der Waals surface area contributed by atoms with Crippen LogP contribution in [0.5, 0.6) is 0 Å². The Morgan fingerprint density at radius 3 is 2.44 bits per heavy atom. The molecule has 2 aliphatic rings. The number of hydrogen-bond acceptors (Lipinski definition) is 5. The zero-order chi connectivity index (χ0) is 18.1. The molecule has 1 aromatic heterocycles. The Morgan fingerprint density at radius 2 is 1.67 bits per heavy atom. The SMILES string of the molecule is c1cc(-c2ccc3ncc(N4CCCCC4)nc3c2)ccc1SNC1CC1. The maximum absolute atomic E-state index is 4.91. The summed E-state index contributed by atoms with van der Waals surface area (Å²) >= 11 is 1.74. The highest BCUT2D eigenvalue weighted by atomic mass is 32.2. The number of rotatable bonds is 5. The van der Waals surface area contributed by atoms with Crippen molar-refractivity contribution in [2.75, 3.05) is 18.0 Å². The molecular weight excluding hydrogens is 352 g/mol. The third kappa shape index (κ3) is 3.94. The Kier molecular flexibility index (Phi) is 4.72. The summed E-state index contributed by atoms with van der Waals surface area (Å²) in [5.41, 5.74) is 4.35. The predicted molar refractivity (Wildman–Crippen MR) is 113 cm³/mol. The maximum Gasteiger partial charge on any atom is 0.147 e. The molecule has 138 valence electrons. The van der Waals surface area contributed by atoms with Crippen molar-refractivity contribution < 1.29 is 0 Å². The van der Waals surface area contributed by atoms with Gasteiger partial charge in [-0.1, -0.05) is 18.2 Å². The van der Waals surface area contributed by atoms with Gasteiger partial charge in [0.1, 0.15) is 5.82 Å². The van der Waals surface area contributed by atoms with Gasteiger partial charge in [0.2, 0.25) is 0 Å². The lowest BCUT2D eigenvalue weighted by Gasteiger charge is -2.27. The quantitative estimate of drug-likeness (QED) is 0.631. The van der Waals surface area contributed by atoms with Gasteiger partial charge in [0.05, 0.1) is 17.2 Å². The van der Waals surface area contributed by atoms with Gasteiger partial charge in [-0.05, 0) is 79.4 Å².